The Morgan fingerprint density at radius 1 is 1.64 bits per heavy atom. The van der Waals surface area contributed by atoms with Gasteiger partial charge in [-0.2, -0.15) is 0 Å². The summed E-state index contributed by atoms with van der Waals surface area (Å²) in [5.41, 5.74) is 1.35. The lowest BCUT2D eigenvalue weighted by Gasteiger charge is -2.14. The van der Waals surface area contributed by atoms with Crippen molar-refractivity contribution in [2.75, 3.05) is 0 Å². The summed E-state index contributed by atoms with van der Waals surface area (Å²) in [6.45, 7) is 2.16. The normalized spacial score (nSPS) is 33.0. The average Bonchev–Trinajstić information content (AvgIpc) is 2.46. The maximum Gasteiger partial charge on any atom is 0.0711 e. The Morgan fingerprint density at radius 3 is 3.27 bits per heavy atom. The highest BCUT2D eigenvalue weighted by molar-refractivity contribution is 5.69. The fourth-order valence-corrected chi connectivity index (χ4v) is 1.52. The van der Waals surface area contributed by atoms with E-state index in [4.69, 9.17) is 0 Å². The van der Waals surface area contributed by atoms with Gasteiger partial charge in [-0.15, -0.1) is 0 Å². The Labute approximate surface area is 66.7 Å². The van der Waals surface area contributed by atoms with Crippen LogP contribution in [0.25, 0.3) is 0 Å². The molecule has 2 aliphatic rings. The molecular formula is C9H12N2. The smallest absolute Gasteiger partial charge is 0.0711 e. The van der Waals surface area contributed by atoms with Gasteiger partial charge in [0.2, 0.25) is 0 Å². The summed E-state index contributed by atoms with van der Waals surface area (Å²) in [7, 11) is 0. The van der Waals surface area contributed by atoms with Gasteiger partial charge in [-0.3, -0.25) is 4.99 Å². The molecule has 0 aromatic rings. The molecule has 0 aromatic heterocycles. The number of hydrogen-bond donors (Lipinski definition) is 1. The Morgan fingerprint density at radius 2 is 2.55 bits per heavy atom. The third-order valence-corrected chi connectivity index (χ3v) is 2.18. The van der Waals surface area contributed by atoms with Crippen molar-refractivity contribution in [1.82, 2.24) is 5.32 Å². The molecule has 2 heterocycles. The number of fused-ring (bicyclic) bond motifs is 1. The fraction of sp³-hybridized carbons (Fsp3) is 0.444. The van der Waals surface area contributed by atoms with Crippen molar-refractivity contribution in [2.24, 2.45) is 10.9 Å². The van der Waals surface area contributed by atoms with Gasteiger partial charge in [-0.05, 0) is 6.42 Å². The summed E-state index contributed by atoms with van der Waals surface area (Å²) >= 11 is 0. The molecule has 2 rings (SSSR count). The molecule has 2 nitrogen and oxygen atoms in total. The Balaban J connectivity index is 2.16. The van der Waals surface area contributed by atoms with E-state index in [0.717, 1.165) is 6.42 Å². The van der Waals surface area contributed by atoms with Gasteiger partial charge in [0.15, 0.2) is 0 Å². The highest BCUT2D eigenvalue weighted by atomic mass is 15.0. The lowest BCUT2D eigenvalue weighted by Crippen LogP contribution is -2.30. The summed E-state index contributed by atoms with van der Waals surface area (Å²) in [5, 5.41) is 3.40. The summed E-state index contributed by atoms with van der Waals surface area (Å²) in [5.74, 6) is 0.544. The van der Waals surface area contributed by atoms with E-state index >= 15 is 0 Å². The standard InChI is InChI=1S/C9H12N2/c1-2-8-5-7-3-4-10-6-9(7)11-8/h3-7,9,11H,2H2,1H3. The van der Waals surface area contributed by atoms with Gasteiger partial charge in [-0.1, -0.05) is 19.1 Å². The second-order valence-corrected chi connectivity index (χ2v) is 2.93. The molecule has 0 bridgehead atoms. The zero-order chi connectivity index (χ0) is 7.68. The second-order valence-electron chi connectivity index (χ2n) is 2.93. The summed E-state index contributed by atoms with van der Waals surface area (Å²) in [6, 6.07) is 0.426. The molecule has 0 aromatic carbocycles. The quantitative estimate of drug-likeness (QED) is 0.598. The first-order valence-electron chi connectivity index (χ1n) is 4.07. The van der Waals surface area contributed by atoms with E-state index in [1.807, 2.05) is 12.4 Å². The average molecular weight is 148 g/mol. The molecule has 11 heavy (non-hydrogen) atoms. The van der Waals surface area contributed by atoms with Gasteiger partial charge in [0.05, 0.1) is 6.04 Å². The van der Waals surface area contributed by atoms with Gasteiger partial charge in [0.25, 0.3) is 0 Å². The van der Waals surface area contributed by atoms with E-state index in [0.29, 0.717) is 12.0 Å². The van der Waals surface area contributed by atoms with Gasteiger partial charge in [-0.25, -0.2) is 0 Å². The SMILES string of the molecule is CCC1=CC2C=CN=CC2N1. The molecule has 0 saturated heterocycles. The van der Waals surface area contributed by atoms with Crippen LogP contribution in [0.3, 0.4) is 0 Å². The van der Waals surface area contributed by atoms with Crippen molar-refractivity contribution >= 4 is 6.21 Å². The van der Waals surface area contributed by atoms with Gasteiger partial charge in [0.1, 0.15) is 0 Å². The van der Waals surface area contributed by atoms with Crippen LogP contribution in [0.5, 0.6) is 0 Å². The monoisotopic (exact) mass is 148 g/mol. The summed E-state index contributed by atoms with van der Waals surface area (Å²) in [4.78, 5) is 4.09. The minimum Gasteiger partial charge on any atom is -0.380 e. The molecule has 0 saturated carbocycles. The van der Waals surface area contributed by atoms with Crippen LogP contribution < -0.4 is 5.32 Å². The highest BCUT2D eigenvalue weighted by Crippen LogP contribution is 2.20. The number of allylic oxidation sites excluding steroid dienone is 1. The lowest BCUT2D eigenvalue weighted by molar-refractivity contribution is 0.670. The molecule has 2 unspecified atom stereocenters. The van der Waals surface area contributed by atoms with Crippen LogP contribution in [0, 0.1) is 5.92 Å². The van der Waals surface area contributed by atoms with Crippen LogP contribution in [0.15, 0.2) is 29.0 Å². The molecule has 1 N–H and O–H groups in total. The van der Waals surface area contributed by atoms with E-state index in [1.165, 1.54) is 5.70 Å². The summed E-state index contributed by atoms with van der Waals surface area (Å²) in [6.07, 6.45) is 9.36. The first-order chi connectivity index (χ1) is 5.40. The Hall–Kier alpha value is -1.05. The van der Waals surface area contributed by atoms with Crippen LogP contribution in [0.1, 0.15) is 13.3 Å². The maximum absolute atomic E-state index is 4.09. The Kier molecular flexibility index (Phi) is 1.53. The van der Waals surface area contributed by atoms with E-state index in [1.54, 1.807) is 0 Å². The molecule has 2 aliphatic heterocycles. The molecule has 0 fully saturated rings. The number of nitrogens with one attached hydrogen (secondary N) is 1. The molecule has 0 aliphatic carbocycles. The fourth-order valence-electron chi connectivity index (χ4n) is 1.52. The third-order valence-electron chi connectivity index (χ3n) is 2.18. The van der Waals surface area contributed by atoms with Crippen LogP contribution in [0.4, 0.5) is 0 Å². The van der Waals surface area contributed by atoms with Crippen molar-refractivity contribution < 1.29 is 0 Å². The zero-order valence-corrected chi connectivity index (χ0v) is 6.62. The van der Waals surface area contributed by atoms with Crippen LogP contribution in [0.2, 0.25) is 0 Å². The molecule has 58 valence electrons. The van der Waals surface area contributed by atoms with Crippen molar-refractivity contribution in [3.05, 3.63) is 24.0 Å². The van der Waals surface area contributed by atoms with E-state index in [2.05, 4.69) is 29.4 Å². The van der Waals surface area contributed by atoms with E-state index in [9.17, 15) is 0 Å². The molecule has 0 spiro atoms. The second kappa shape index (κ2) is 2.53. The van der Waals surface area contributed by atoms with Gasteiger partial charge in [0, 0.05) is 24.0 Å². The largest absolute Gasteiger partial charge is 0.380 e. The predicted octanol–water partition coefficient (Wildman–Crippen LogP) is 1.47. The maximum atomic E-state index is 4.09. The summed E-state index contributed by atoms with van der Waals surface area (Å²) < 4.78 is 0. The minimum atomic E-state index is 0.426. The molecule has 2 atom stereocenters. The van der Waals surface area contributed by atoms with Crippen LogP contribution >= 0.6 is 0 Å². The third kappa shape index (κ3) is 1.09. The lowest BCUT2D eigenvalue weighted by atomic mass is 10.0. The minimum absolute atomic E-state index is 0.426. The first-order valence-corrected chi connectivity index (χ1v) is 4.07. The molecule has 0 amide bonds. The van der Waals surface area contributed by atoms with E-state index < -0.39 is 0 Å². The van der Waals surface area contributed by atoms with Crippen molar-refractivity contribution in [1.29, 1.82) is 0 Å². The number of aliphatic imine (C=N–C) groups is 1. The van der Waals surface area contributed by atoms with Gasteiger partial charge < -0.3 is 5.32 Å². The first kappa shape index (κ1) is 6.65. The zero-order valence-electron chi connectivity index (χ0n) is 6.62. The number of nitrogens with zero attached hydrogens (tertiary/aromatic N) is 1. The topological polar surface area (TPSA) is 24.4 Å². The highest BCUT2D eigenvalue weighted by Gasteiger charge is 2.23. The Bertz CT molecular complexity index is 238. The van der Waals surface area contributed by atoms with Crippen molar-refractivity contribution in [3.8, 4) is 0 Å². The van der Waals surface area contributed by atoms with E-state index in [-0.39, 0.29) is 0 Å². The number of rotatable bonds is 1. The van der Waals surface area contributed by atoms with Crippen molar-refractivity contribution in [2.45, 2.75) is 19.4 Å². The molecule has 0 radical (unpaired) electrons. The number of hydrogen-bond acceptors (Lipinski definition) is 2. The molecule has 2 heteroatoms. The predicted molar refractivity (Wildman–Crippen MR) is 46.4 cm³/mol. The van der Waals surface area contributed by atoms with Gasteiger partial charge >= 0.3 is 0 Å². The van der Waals surface area contributed by atoms with Crippen molar-refractivity contribution in [3.63, 3.8) is 0 Å². The van der Waals surface area contributed by atoms with Crippen LogP contribution in [-0.2, 0) is 0 Å². The molecular weight excluding hydrogens is 136 g/mol. The van der Waals surface area contributed by atoms with Crippen LogP contribution in [-0.4, -0.2) is 12.3 Å².